The fourth-order valence-electron chi connectivity index (χ4n) is 8.64. The van der Waals surface area contributed by atoms with Gasteiger partial charge in [0.1, 0.15) is 11.2 Å². The van der Waals surface area contributed by atoms with Crippen LogP contribution in [0.2, 0.25) is 0 Å². The molecule has 0 aliphatic rings. The maximum atomic E-state index is 6.24. The number of rotatable bonds is 7. The van der Waals surface area contributed by atoms with E-state index in [-0.39, 0.29) is 0 Å². The molecule has 0 N–H and O–H groups in total. The predicted octanol–water partition coefficient (Wildman–Crippen LogP) is 16.0. The molecule has 272 valence electrons. The van der Waals surface area contributed by atoms with Crippen molar-refractivity contribution in [3.8, 4) is 44.5 Å². The molecule has 58 heavy (non-hydrogen) atoms. The van der Waals surface area contributed by atoms with Crippen LogP contribution in [-0.4, -0.2) is 0 Å². The van der Waals surface area contributed by atoms with Crippen LogP contribution in [0.1, 0.15) is 0 Å². The van der Waals surface area contributed by atoms with Gasteiger partial charge in [-0.25, -0.2) is 0 Å². The lowest BCUT2D eigenvalue weighted by Crippen LogP contribution is -2.11. The maximum absolute atomic E-state index is 6.24. The molecule has 0 saturated heterocycles. The molecular weight excluding hydrogens is 703 g/mol. The Bertz CT molecular complexity index is 3270. The Kier molecular flexibility index (Phi) is 8.19. The van der Waals surface area contributed by atoms with Gasteiger partial charge in [-0.2, -0.15) is 0 Å². The summed E-state index contributed by atoms with van der Waals surface area (Å²) in [6, 6.07) is 80.9. The molecule has 0 amide bonds. The molecule has 2 heteroatoms. The molecule has 0 radical (unpaired) electrons. The lowest BCUT2D eigenvalue weighted by molar-refractivity contribution is 0.669. The number of hydrogen-bond acceptors (Lipinski definition) is 2. The lowest BCUT2D eigenvalue weighted by Gasteiger charge is -2.29. The highest BCUT2D eigenvalue weighted by Crippen LogP contribution is 2.45. The number of para-hydroxylation sites is 2. The van der Waals surface area contributed by atoms with Gasteiger partial charge in [-0.3, -0.25) is 0 Å². The van der Waals surface area contributed by atoms with E-state index in [1.807, 2.05) is 12.1 Å². The summed E-state index contributed by atoms with van der Waals surface area (Å²) in [6.45, 7) is 0. The third kappa shape index (κ3) is 5.91. The molecule has 0 spiro atoms. The third-order valence-electron chi connectivity index (χ3n) is 11.4. The molecule has 0 unspecified atom stereocenters. The van der Waals surface area contributed by atoms with Crippen molar-refractivity contribution >= 4 is 60.5 Å². The van der Waals surface area contributed by atoms with Gasteiger partial charge in [0.05, 0.1) is 5.69 Å². The van der Waals surface area contributed by atoms with Crippen LogP contribution in [0, 0.1) is 0 Å². The normalized spacial score (nSPS) is 11.4. The molecule has 0 atom stereocenters. The van der Waals surface area contributed by atoms with Crippen molar-refractivity contribution in [2.45, 2.75) is 0 Å². The molecule has 0 aliphatic carbocycles. The molecule has 0 bridgehead atoms. The van der Waals surface area contributed by atoms with E-state index in [1.54, 1.807) is 0 Å². The van der Waals surface area contributed by atoms with Crippen LogP contribution in [0.3, 0.4) is 0 Å². The molecule has 0 saturated carbocycles. The van der Waals surface area contributed by atoms with E-state index in [9.17, 15) is 0 Å². The van der Waals surface area contributed by atoms with Crippen LogP contribution >= 0.6 is 0 Å². The Morgan fingerprint density at radius 3 is 1.71 bits per heavy atom. The van der Waals surface area contributed by atoms with E-state index in [1.165, 1.54) is 60.5 Å². The summed E-state index contributed by atoms with van der Waals surface area (Å²) in [5, 5.41) is 7.08. The average Bonchev–Trinajstić information content (AvgIpc) is 3.69. The van der Waals surface area contributed by atoms with E-state index in [2.05, 4.69) is 217 Å². The fourth-order valence-corrected chi connectivity index (χ4v) is 8.64. The Hall–Kier alpha value is -7.68. The molecule has 1 aromatic heterocycles. The number of fused-ring (bicyclic) bond motifs is 6. The summed E-state index contributed by atoms with van der Waals surface area (Å²) < 4.78 is 6.24. The van der Waals surface area contributed by atoms with Gasteiger partial charge in [0.2, 0.25) is 0 Å². The second-order valence-corrected chi connectivity index (χ2v) is 14.9. The number of hydrogen-bond donors (Lipinski definition) is 0. The quantitative estimate of drug-likeness (QED) is 0.162. The topological polar surface area (TPSA) is 16.4 Å². The Balaban J connectivity index is 1.11. The van der Waals surface area contributed by atoms with Crippen LogP contribution in [0.15, 0.2) is 229 Å². The first-order valence-electron chi connectivity index (χ1n) is 19.8. The number of benzene rings is 10. The summed E-state index contributed by atoms with van der Waals surface area (Å²) in [4.78, 5) is 2.42. The van der Waals surface area contributed by atoms with Crippen molar-refractivity contribution in [1.82, 2.24) is 0 Å². The summed E-state index contributed by atoms with van der Waals surface area (Å²) in [7, 11) is 0. The molecule has 2 nitrogen and oxygen atoms in total. The molecule has 0 fully saturated rings. The predicted molar refractivity (Wildman–Crippen MR) is 245 cm³/mol. The second kappa shape index (κ2) is 14.1. The van der Waals surface area contributed by atoms with Gasteiger partial charge in [-0.1, -0.05) is 170 Å². The molecule has 11 rings (SSSR count). The zero-order chi connectivity index (χ0) is 38.4. The summed E-state index contributed by atoms with van der Waals surface area (Å²) in [5.41, 5.74) is 14.5. The van der Waals surface area contributed by atoms with E-state index in [0.717, 1.165) is 44.6 Å². The minimum atomic E-state index is 0.914. The first-order chi connectivity index (χ1) is 28.7. The van der Waals surface area contributed by atoms with E-state index < -0.39 is 0 Å². The van der Waals surface area contributed by atoms with Gasteiger partial charge in [0, 0.05) is 27.7 Å². The van der Waals surface area contributed by atoms with Crippen molar-refractivity contribution in [3.05, 3.63) is 224 Å². The van der Waals surface area contributed by atoms with Crippen molar-refractivity contribution in [2.75, 3.05) is 4.90 Å². The van der Waals surface area contributed by atoms with Crippen molar-refractivity contribution < 1.29 is 4.42 Å². The zero-order valence-corrected chi connectivity index (χ0v) is 31.7. The Labute approximate surface area is 337 Å². The molecular formula is C56H37NO. The summed E-state index contributed by atoms with van der Waals surface area (Å²) in [5.74, 6) is 0. The van der Waals surface area contributed by atoms with Crippen LogP contribution in [0.25, 0.3) is 88.0 Å². The largest absolute Gasteiger partial charge is 0.456 e. The maximum Gasteiger partial charge on any atom is 0.136 e. The van der Waals surface area contributed by atoms with E-state index in [4.69, 9.17) is 4.42 Å². The molecule has 10 aromatic carbocycles. The highest BCUT2D eigenvalue weighted by atomic mass is 16.3. The van der Waals surface area contributed by atoms with Gasteiger partial charge in [-0.05, 0) is 115 Å². The first kappa shape index (κ1) is 33.6. The Morgan fingerprint density at radius 2 is 0.897 bits per heavy atom. The second-order valence-electron chi connectivity index (χ2n) is 14.9. The lowest BCUT2D eigenvalue weighted by atomic mass is 9.91. The first-order valence-corrected chi connectivity index (χ1v) is 19.8. The standard InChI is InChI=1S/C56H37NO/c1-4-14-38(15-5-1)42-25-24-39-26-29-46(36-45(39)34-42)57(53-22-12-10-20-49(53)40-16-6-2-7-17-40)47-30-32-48(52(37-47)41-18-8-3-9-19-41)43-27-31-50-44(35-43)28-33-55-56(50)51-21-11-13-23-54(51)58-55/h1-37H. The zero-order valence-electron chi connectivity index (χ0n) is 31.7. The molecule has 0 aliphatic heterocycles. The highest BCUT2D eigenvalue weighted by Gasteiger charge is 2.20. The smallest absolute Gasteiger partial charge is 0.136 e. The van der Waals surface area contributed by atoms with Gasteiger partial charge >= 0.3 is 0 Å². The summed E-state index contributed by atoms with van der Waals surface area (Å²) >= 11 is 0. The Morgan fingerprint density at radius 1 is 0.293 bits per heavy atom. The van der Waals surface area contributed by atoms with Crippen LogP contribution in [0.5, 0.6) is 0 Å². The van der Waals surface area contributed by atoms with Crippen molar-refractivity contribution in [2.24, 2.45) is 0 Å². The van der Waals surface area contributed by atoms with Gasteiger partial charge in [-0.15, -0.1) is 0 Å². The SMILES string of the molecule is c1ccc(-c2ccc3ccc(N(c4ccc(-c5ccc6c(ccc7oc8ccccc8c76)c5)c(-c5ccccc5)c4)c4ccccc4-c4ccccc4)cc3c2)cc1. The van der Waals surface area contributed by atoms with Gasteiger partial charge < -0.3 is 9.32 Å². The minimum Gasteiger partial charge on any atom is -0.456 e. The molecule has 11 aromatic rings. The number of nitrogens with zero attached hydrogens (tertiary/aromatic N) is 1. The van der Waals surface area contributed by atoms with Crippen molar-refractivity contribution in [1.29, 1.82) is 0 Å². The summed E-state index contributed by atoms with van der Waals surface area (Å²) in [6.07, 6.45) is 0. The fraction of sp³-hybridized carbons (Fsp3) is 0. The van der Waals surface area contributed by atoms with E-state index in [0.29, 0.717) is 0 Å². The number of furan rings is 1. The minimum absolute atomic E-state index is 0.914. The van der Waals surface area contributed by atoms with Crippen LogP contribution < -0.4 is 4.90 Å². The van der Waals surface area contributed by atoms with Gasteiger partial charge in [0.25, 0.3) is 0 Å². The van der Waals surface area contributed by atoms with Crippen LogP contribution in [0.4, 0.5) is 17.1 Å². The van der Waals surface area contributed by atoms with Gasteiger partial charge in [0.15, 0.2) is 0 Å². The average molecular weight is 740 g/mol. The highest BCUT2D eigenvalue weighted by molar-refractivity contribution is 6.19. The van der Waals surface area contributed by atoms with E-state index >= 15 is 0 Å². The van der Waals surface area contributed by atoms with Crippen molar-refractivity contribution in [3.63, 3.8) is 0 Å². The monoisotopic (exact) mass is 739 g/mol. The third-order valence-corrected chi connectivity index (χ3v) is 11.4. The van der Waals surface area contributed by atoms with Crippen LogP contribution in [-0.2, 0) is 0 Å². The molecule has 1 heterocycles. The number of anilines is 3.